The van der Waals surface area contributed by atoms with E-state index in [9.17, 15) is 5.11 Å². The van der Waals surface area contributed by atoms with E-state index in [4.69, 9.17) is 0 Å². The fourth-order valence-corrected chi connectivity index (χ4v) is 3.58. The molecule has 0 fully saturated rings. The van der Waals surface area contributed by atoms with E-state index in [0.29, 0.717) is 5.75 Å². The van der Waals surface area contributed by atoms with E-state index < -0.39 is 0 Å². The van der Waals surface area contributed by atoms with Crippen LogP contribution in [-0.4, -0.2) is 5.11 Å². The fraction of sp³-hybridized carbons (Fsp3) is 0.429. The molecule has 0 saturated heterocycles. The second kappa shape index (κ2) is 6.56. The Balaban J connectivity index is 2.61. The summed E-state index contributed by atoms with van der Waals surface area (Å²) in [5, 5.41) is 9.84. The van der Waals surface area contributed by atoms with Gasteiger partial charge < -0.3 is 5.11 Å². The van der Waals surface area contributed by atoms with Crippen molar-refractivity contribution in [3.05, 3.63) is 64.2 Å². The molecule has 0 aliphatic rings. The average molecular weight is 296 g/mol. The molecule has 0 aliphatic carbocycles. The summed E-state index contributed by atoms with van der Waals surface area (Å²) in [5.74, 6) is 0.377. The zero-order valence-electron chi connectivity index (χ0n) is 14.5. The van der Waals surface area contributed by atoms with Crippen LogP contribution in [0.3, 0.4) is 0 Å². The Bertz CT molecular complexity index is 651. The van der Waals surface area contributed by atoms with Crippen molar-refractivity contribution in [1.29, 1.82) is 0 Å². The highest BCUT2D eigenvalue weighted by Crippen LogP contribution is 2.40. The van der Waals surface area contributed by atoms with E-state index in [1.54, 1.807) is 0 Å². The molecule has 0 aromatic heterocycles. The molecule has 118 valence electrons. The topological polar surface area (TPSA) is 20.2 Å². The number of benzene rings is 2. The van der Waals surface area contributed by atoms with Gasteiger partial charge in [0.15, 0.2) is 0 Å². The predicted molar refractivity (Wildman–Crippen MR) is 94.8 cm³/mol. The molecule has 2 aromatic rings. The van der Waals surface area contributed by atoms with E-state index in [-0.39, 0.29) is 5.41 Å². The zero-order valence-corrected chi connectivity index (χ0v) is 14.5. The minimum Gasteiger partial charge on any atom is -0.508 e. The van der Waals surface area contributed by atoms with Gasteiger partial charge in [-0.15, -0.1) is 0 Å². The first-order valence-corrected chi connectivity index (χ1v) is 8.38. The highest BCUT2D eigenvalue weighted by molar-refractivity contribution is 5.46. The van der Waals surface area contributed by atoms with Gasteiger partial charge in [0.05, 0.1) is 0 Å². The lowest BCUT2D eigenvalue weighted by Crippen LogP contribution is -2.26. The van der Waals surface area contributed by atoms with Crippen LogP contribution in [0, 0.1) is 13.8 Å². The van der Waals surface area contributed by atoms with Crippen molar-refractivity contribution in [2.75, 3.05) is 0 Å². The Labute approximate surface area is 135 Å². The number of aryl methyl sites for hydroxylation is 3. The number of hydrogen-bond donors (Lipinski definition) is 1. The number of rotatable bonds is 5. The third-order valence-corrected chi connectivity index (χ3v) is 5.23. The molecule has 1 nitrogen and oxygen atoms in total. The molecule has 0 aliphatic heterocycles. The highest BCUT2D eigenvalue weighted by Gasteiger charge is 2.31. The summed E-state index contributed by atoms with van der Waals surface area (Å²) in [6.45, 7) is 10.9. The van der Waals surface area contributed by atoms with Crippen molar-refractivity contribution < 1.29 is 5.11 Å². The molecule has 1 N–H and O–H groups in total. The maximum Gasteiger partial charge on any atom is 0.118 e. The lowest BCUT2D eigenvalue weighted by Gasteiger charge is -2.34. The summed E-state index contributed by atoms with van der Waals surface area (Å²) in [6.07, 6.45) is 3.19. The Kier molecular flexibility index (Phi) is 4.95. The zero-order chi connectivity index (χ0) is 16.3. The van der Waals surface area contributed by atoms with E-state index >= 15 is 0 Å². The average Bonchev–Trinajstić information content (AvgIpc) is 2.52. The summed E-state index contributed by atoms with van der Waals surface area (Å²) >= 11 is 0. The van der Waals surface area contributed by atoms with Gasteiger partial charge in [-0.05, 0) is 67.0 Å². The van der Waals surface area contributed by atoms with Gasteiger partial charge in [-0.25, -0.2) is 0 Å². The van der Waals surface area contributed by atoms with Gasteiger partial charge in [-0.3, -0.25) is 0 Å². The van der Waals surface area contributed by atoms with Crippen molar-refractivity contribution >= 4 is 0 Å². The molecule has 2 aromatic carbocycles. The lowest BCUT2D eigenvalue weighted by molar-refractivity contribution is 0.461. The number of phenolic OH excluding ortho intramolecular Hbond substituents is 1. The molecule has 0 spiro atoms. The Morgan fingerprint density at radius 3 is 1.82 bits per heavy atom. The van der Waals surface area contributed by atoms with E-state index in [1.807, 2.05) is 13.0 Å². The molecule has 22 heavy (non-hydrogen) atoms. The molecule has 0 heterocycles. The summed E-state index contributed by atoms with van der Waals surface area (Å²) in [6, 6.07) is 13.0. The van der Waals surface area contributed by atoms with E-state index in [2.05, 4.69) is 58.0 Å². The van der Waals surface area contributed by atoms with Crippen LogP contribution in [0.15, 0.2) is 36.4 Å². The summed E-state index contributed by atoms with van der Waals surface area (Å²) in [4.78, 5) is 0. The third-order valence-electron chi connectivity index (χ3n) is 5.23. The van der Waals surface area contributed by atoms with Crippen LogP contribution >= 0.6 is 0 Å². The minimum atomic E-state index is 0.0233. The van der Waals surface area contributed by atoms with Crippen molar-refractivity contribution in [2.24, 2.45) is 0 Å². The van der Waals surface area contributed by atoms with E-state index in [0.717, 1.165) is 24.8 Å². The fourth-order valence-electron chi connectivity index (χ4n) is 3.58. The van der Waals surface area contributed by atoms with Crippen LogP contribution in [-0.2, 0) is 11.8 Å². The molecule has 0 radical (unpaired) electrons. The van der Waals surface area contributed by atoms with Crippen molar-refractivity contribution in [3.63, 3.8) is 0 Å². The molecule has 0 bridgehead atoms. The van der Waals surface area contributed by atoms with Gasteiger partial charge in [0.1, 0.15) is 5.75 Å². The first kappa shape index (κ1) is 16.6. The number of hydrogen-bond acceptors (Lipinski definition) is 1. The van der Waals surface area contributed by atoms with Crippen LogP contribution < -0.4 is 0 Å². The van der Waals surface area contributed by atoms with Gasteiger partial charge in [0.25, 0.3) is 0 Å². The molecule has 0 amide bonds. The normalized spacial score (nSPS) is 11.7. The molecule has 2 rings (SSSR count). The van der Waals surface area contributed by atoms with Gasteiger partial charge in [-0.1, -0.05) is 51.1 Å². The van der Waals surface area contributed by atoms with E-state index in [1.165, 1.54) is 22.3 Å². The summed E-state index contributed by atoms with van der Waals surface area (Å²) in [5.41, 5.74) is 6.46. The summed E-state index contributed by atoms with van der Waals surface area (Å²) < 4.78 is 0. The van der Waals surface area contributed by atoms with Gasteiger partial charge >= 0.3 is 0 Å². The first-order chi connectivity index (χ1) is 10.5. The first-order valence-electron chi connectivity index (χ1n) is 8.38. The second-order valence-corrected chi connectivity index (χ2v) is 6.29. The van der Waals surface area contributed by atoms with Gasteiger partial charge in [0.2, 0.25) is 0 Å². The molecule has 0 saturated carbocycles. The lowest BCUT2D eigenvalue weighted by atomic mass is 9.70. The Hall–Kier alpha value is -1.76. The Morgan fingerprint density at radius 1 is 0.818 bits per heavy atom. The van der Waals surface area contributed by atoms with Crippen LogP contribution in [0.1, 0.15) is 61.4 Å². The van der Waals surface area contributed by atoms with Crippen LogP contribution in [0.2, 0.25) is 0 Å². The predicted octanol–water partition coefficient (Wildman–Crippen LogP) is 5.68. The number of phenols is 1. The number of aromatic hydroxyl groups is 1. The summed E-state index contributed by atoms with van der Waals surface area (Å²) in [7, 11) is 0. The molecule has 1 heteroatoms. The highest BCUT2D eigenvalue weighted by atomic mass is 16.3. The minimum absolute atomic E-state index is 0.0233. The Morgan fingerprint density at radius 2 is 1.36 bits per heavy atom. The molecule has 0 unspecified atom stereocenters. The van der Waals surface area contributed by atoms with Crippen LogP contribution in [0.25, 0.3) is 0 Å². The second-order valence-electron chi connectivity index (χ2n) is 6.29. The third kappa shape index (κ3) is 2.77. The molecular formula is C21H28O. The van der Waals surface area contributed by atoms with Crippen LogP contribution in [0.5, 0.6) is 5.75 Å². The smallest absolute Gasteiger partial charge is 0.118 e. The molecular weight excluding hydrogens is 268 g/mol. The SMILES string of the molecule is CCc1ccc(C(CC)(CC)c2ccc(O)c(C)c2)cc1C. The van der Waals surface area contributed by atoms with Crippen molar-refractivity contribution in [1.82, 2.24) is 0 Å². The van der Waals surface area contributed by atoms with Crippen molar-refractivity contribution in [2.45, 2.75) is 59.3 Å². The monoisotopic (exact) mass is 296 g/mol. The van der Waals surface area contributed by atoms with Crippen molar-refractivity contribution in [3.8, 4) is 5.75 Å². The van der Waals surface area contributed by atoms with Gasteiger partial charge in [-0.2, -0.15) is 0 Å². The van der Waals surface area contributed by atoms with Crippen LogP contribution in [0.4, 0.5) is 0 Å². The van der Waals surface area contributed by atoms with Gasteiger partial charge in [0, 0.05) is 5.41 Å². The maximum atomic E-state index is 9.84. The largest absolute Gasteiger partial charge is 0.508 e. The quantitative estimate of drug-likeness (QED) is 0.753. The molecule has 0 atom stereocenters. The maximum absolute atomic E-state index is 9.84. The standard InChI is InChI=1S/C21H28O/c1-6-17-9-10-18(13-15(17)4)21(7-2,8-3)19-11-12-20(22)16(5)14-19/h9-14,22H,6-8H2,1-5H3.